The third kappa shape index (κ3) is 6.25. The lowest BCUT2D eigenvalue weighted by Gasteiger charge is -2.33. The van der Waals surface area contributed by atoms with Crippen molar-refractivity contribution >= 4 is 33.8 Å². The van der Waals surface area contributed by atoms with Crippen molar-refractivity contribution in [3.05, 3.63) is 40.1 Å². The molecule has 1 saturated heterocycles. The molecule has 1 aromatic rings. The second-order valence-electron chi connectivity index (χ2n) is 6.32. The quantitative estimate of drug-likeness (QED) is 0.756. The number of hydrogen-bond acceptors (Lipinski definition) is 3. The lowest BCUT2D eigenvalue weighted by Crippen LogP contribution is -2.51. The fraction of sp³-hybridized carbons (Fsp3) is 0.444. The predicted octanol–water partition coefficient (Wildman–Crippen LogP) is 2.27. The van der Waals surface area contributed by atoms with E-state index in [0.29, 0.717) is 38.3 Å². The maximum absolute atomic E-state index is 13.7. The Labute approximate surface area is 156 Å². The van der Waals surface area contributed by atoms with E-state index in [4.69, 9.17) is 0 Å². The average Bonchev–Trinajstić information content (AvgIpc) is 2.55. The maximum Gasteiger partial charge on any atom is 0.246 e. The van der Waals surface area contributed by atoms with Gasteiger partial charge in [0.1, 0.15) is 5.82 Å². The van der Waals surface area contributed by atoms with Gasteiger partial charge in [-0.1, -0.05) is 15.9 Å². The van der Waals surface area contributed by atoms with E-state index in [1.54, 1.807) is 17.0 Å². The largest absolute Gasteiger partial charge is 0.353 e. The van der Waals surface area contributed by atoms with E-state index in [-0.39, 0.29) is 23.7 Å². The molecule has 0 aliphatic carbocycles. The highest BCUT2D eigenvalue weighted by Gasteiger charge is 2.21. The lowest BCUT2D eigenvalue weighted by atomic mass is 10.2. The van der Waals surface area contributed by atoms with Gasteiger partial charge in [0, 0.05) is 48.3 Å². The Morgan fingerprint density at radius 3 is 2.60 bits per heavy atom. The standard InChI is InChI=1S/C18H23BrFN3O2/c1-13(2)21-17(24)12-22-7-9-23(10-8-22)18(25)6-3-14-11-15(19)4-5-16(14)20/h3-6,11,13H,7-10,12H2,1-2H3,(H,21,24)/b6-3+. The van der Waals surface area contributed by atoms with E-state index in [1.807, 2.05) is 18.7 Å². The SMILES string of the molecule is CC(C)NC(=O)CN1CCN(C(=O)/C=C/c2cc(Br)ccc2F)CC1. The number of benzene rings is 1. The van der Waals surface area contributed by atoms with E-state index in [1.165, 1.54) is 18.2 Å². The Hall–Kier alpha value is -1.73. The first-order valence-corrected chi connectivity index (χ1v) is 9.08. The van der Waals surface area contributed by atoms with Crippen LogP contribution in [-0.2, 0) is 9.59 Å². The Morgan fingerprint density at radius 2 is 1.96 bits per heavy atom. The summed E-state index contributed by atoms with van der Waals surface area (Å²) in [6.07, 6.45) is 2.89. The van der Waals surface area contributed by atoms with E-state index in [2.05, 4.69) is 21.2 Å². The normalized spacial score (nSPS) is 15.8. The molecule has 7 heteroatoms. The summed E-state index contributed by atoms with van der Waals surface area (Å²) in [5, 5.41) is 2.86. The van der Waals surface area contributed by atoms with Crippen molar-refractivity contribution in [2.24, 2.45) is 0 Å². The number of rotatable bonds is 5. The molecule has 136 valence electrons. The van der Waals surface area contributed by atoms with Crippen LogP contribution in [0.1, 0.15) is 19.4 Å². The summed E-state index contributed by atoms with van der Waals surface area (Å²) in [5.74, 6) is -0.515. The van der Waals surface area contributed by atoms with Crippen LogP contribution in [0.5, 0.6) is 0 Å². The number of hydrogen-bond donors (Lipinski definition) is 1. The number of nitrogens with zero attached hydrogens (tertiary/aromatic N) is 2. The van der Waals surface area contributed by atoms with Gasteiger partial charge in [0.15, 0.2) is 0 Å². The third-order valence-corrected chi connectivity index (χ3v) is 4.36. The summed E-state index contributed by atoms with van der Waals surface area (Å²) in [5.41, 5.74) is 0.367. The molecular formula is C18H23BrFN3O2. The first kappa shape index (κ1) is 19.6. The number of piperazine rings is 1. The molecule has 1 aliphatic heterocycles. The molecule has 2 amide bonds. The summed E-state index contributed by atoms with van der Waals surface area (Å²) in [4.78, 5) is 27.8. The minimum atomic E-state index is -0.367. The number of amides is 2. The number of halogens is 2. The van der Waals surface area contributed by atoms with E-state index < -0.39 is 0 Å². The first-order valence-electron chi connectivity index (χ1n) is 8.29. The second-order valence-corrected chi connectivity index (χ2v) is 7.24. The summed E-state index contributed by atoms with van der Waals surface area (Å²) in [6.45, 7) is 6.61. The third-order valence-electron chi connectivity index (χ3n) is 3.86. The zero-order valence-corrected chi connectivity index (χ0v) is 16.1. The molecule has 1 aliphatic rings. The van der Waals surface area contributed by atoms with Gasteiger partial charge >= 0.3 is 0 Å². The minimum absolute atomic E-state index is 0.000183. The van der Waals surface area contributed by atoms with Crippen molar-refractivity contribution in [1.29, 1.82) is 0 Å². The van der Waals surface area contributed by atoms with Crippen molar-refractivity contribution in [3.63, 3.8) is 0 Å². The molecule has 0 bridgehead atoms. The smallest absolute Gasteiger partial charge is 0.246 e. The van der Waals surface area contributed by atoms with Crippen molar-refractivity contribution in [3.8, 4) is 0 Å². The topological polar surface area (TPSA) is 52.7 Å². The zero-order valence-electron chi connectivity index (χ0n) is 14.5. The van der Waals surface area contributed by atoms with Gasteiger partial charge in [0.2, 0.25) is 11.8 Å². The monoisotopic (exact) mass is 411 g/mol. The summed E-state index contributed by atoms with van der Waals surface area (Å²) in [7, 11) is 0. The fourth-order valence-corrected chi connectivity index (χ4v) is 2.98. The van der Waals surface area contributed by atoms with Gasteiger partial charge in [-0.15, -0.1) is 0 Å². The number of carbonyl (C=O) groups is 2. The van der Waals surface area contributed by atoms with Gasteiger partial charge in [-0.3, -0.25) is 14.5 Å². The van der Waals surface area contributed by atoms with Crippen LogP contribution in [0.3, 0.4) is 0 Å². The molecular weight excluding hydrogens is 389 g/mol. The number of nitrogens with one attached hydrogen (secondary N) is 1. The molecule has 0 aromatic heterocycles. The summed E-state index contributed by atoms with van der Waals surface area (Å²) >= 11 is 3.29. The molecule has 0 saturated carbocycles. The summed E-state index contributed by atoms with van der Waals surface area (Å²) in [6, 6.07) is 4.72. The van der Waals surface area contributed by atoms with Crippen LogP contribution in [0, 0.1) is 5.82 Å². The zero-order chi connectivity index (χ0) is 18.4. The van der Waals surface area contributed by atoms with Crippen molar-refractivity contribution in [2.45, 2.75) is 19.9 Å². The van der Waals surface area contributed by atoms with Crippen molar-refractivity contribution in [2.75, 3.05) is 32.7 Å². The molecule has 1 N–H and O–H groups in total. The Balaban J connectivity index is 1.84. The molecule has 0 atom stereocenters. The molecule has 25 heavy (non-hydrogen) atoms. The molecule has 0 spiro atoms. The highest BCUT2D eigenvalue weighted by atomic mass is 79.9. The molecule has 0 unspecified atom stereocenters. The van der Waals surface area contributed by atoms with Crippen LogP contribution in [-0.4, -0.2) is 60.4 Å². The molecule has 1 heterocycles. The van der Waals surface area contributed by atoms with Gasteiger partial charge < -0.3 is 10.2 Å². The highest BCUT2D eigenvalue weighted by Crippen LogP contribution is 2.17. The summed E-state index contributed by atoms with van der Waals surface area (Å²) < 4.78 is 14.4. The minimum Gasteiger partial charge on any atom is -0.353 e. The van der Waals surface area contributed by atoms with Crippen LogP contribution in [0.2, 0.25) is 0 Å². The van der Waals surface area contributed by atoms with Crippen LogP contribution in [0.25, 0.3) is 6.08 Å². The Bertz CT molecular complexity index is 656. The fourth-order valence-electron chi connectivity index (χ4n) is 2.61. The predicted molar refractivity (Wildman–Crippen MR) is 99.4 cm³/mol. The first-order chi connectivity index (χ1) is 11.8. The molecule has 2 rings (SSSR count). The van der Waals surface area contributed by atoms with Crippen LogP contribution in [0.15, 0.2) is 28.7 Å². The average molecular weight is 412 g/mol. The van der Waals surface area contributed by atoms with Gasteiger partial charge in [0.05, 0.1) is 6.54 Å². The second kappa shape index (κ2) is 9.10. The molecule has 5 nitrogen and oxygen atoms in total. The van der Waals surface area contributed by atoms with E-state index >= 15 is 0 Å². The van der Waals surface area contributed by atoms with Crippen molar-refractivity contribution in [1.82, 2.24) is 15.1 Å². The Morgan fingerprint density at radius 1 is 1.28 bits per heavy atom. The van der Waals surface area contributed by atoms with Gasteiger partial charge in [-0.05, 0) is 38.1 Å². The van der Waals surface area contributed by atoms with Gasteiger partial charge in [-0.2, -0.15) is 0 Å². The Kier molecular flexibility index (Phi) is 7.13. The van der Waals surface area contributed by atoms with Crippen molar-refractivity contribution < 1.29 is 14.0 Å². The van der Waals surface area contributed by atoms with Gasteiger partial charge in [-0.25, -0.2) is 4.39 Å². The van der Waals surface area contributed by atoms with E-state index in [0.717, 1.165) is 4.47 Å². The van der Waals surface area contributed by atoms with Gasteiger partial charge in [0.25, 0.3) is 0 Å². The van der Waals surface area contributed by atoms with Crippen LogP contribution < -0.4 is 5.32 Å². The van der Waals surface area contributed by atoms with Crippen LogP contribution >= 0.6 is 15.9 Å². The lowest BCUT2D eigenvalue weighted by molar-refractivity contribution is -0.128. The molecule has 0 radical (unpaired) electrons. The maximum atomic E-state index is 13.7. The van der Waals surface area contributed by atoms with Crippen LogP contribution in [0.4, 0.5) is 4.39 Å². The molecule has 1 fully saturated rings. The molecule has 1 aromatic carbocycles. The van der Waals surface area contributed by atoms with E-state index in [9.17, 15) is 14.0 Å². The highest BCUT2D eigenvalue weighted by molar-refractivity contribution is 9.10. The number of carbonyl (C=O) groups excluding carboxylic acids is 2.